The Bertz CT molecular complexity index is 479. The minimum atomic E-state index is 0.395. The third-order valence-corrected chi connectivity index (χ3v) is 3.10. The molecule has 1 N–H and O–H groups in total. The van der Waals surface area contributed by atoms with Gasteiger partial charge in [-0.15, -0.1) is 0 Å². The van der Waals surface area contributed by atoms with Gasteiger partial charge in [-0.3, -0.25) is 4.98 Å². The Morgan fingerprint density at radius 1 is 1.11 bits per heavy atom. The summed E-state index contributed by atoms with van der Waals surface area (Å²) in [6.45, 7) is 5.45. The van der Waals surface area contributed by atoms with Crippen LogP contribution < -0.4 is 5.32 Å². The van der Waals surface area contributed by atoms with E-state index in [2.05, 4.69) is 48.4 Å². The Kier molecular flexibility index (Phi) is 4.48. The van der Waals surface area contributed by atoms with Gasteiger partial charge in [-0.1, -0.05) is 25.1 Å². The predicted molar refractivity (Wildman–Crippen MR) is 76.4 cm³/mol. The van der Waals surface area contributed by atoms with Crippen molar-refractivity contribution >= 4 is 0 Å². The van der Waals surface area contributed by atoms with Crippen molar-refractivity contribution in [2.45, 2.75) is 26.3 Å². The van der Waals surface area contributed by atoms with Gasteiger partial charge in [-0.05, 0) is 54.8 Å². The third-order valence-electron chi connectivity index (χ3n) is 3.10. The molecule has 18 heavy (non-hydrogen) atoms. The van der Waals surface area contributed by atoms with Gasteiger partial charge in [0, 0.05) is 18.4 Å². The van der Waals surface area contributed by atoms with Crippen LogP contribution in [-0.2, 0) is 0 Å². The first-order valence-electron chi connectivity index (χ1n) is 6.55. The molecule has 0 aliphatic heterocycles. The summed E-state index contributed by atoms with van der Waals surface area (Å²) >= 11 is 0. The highest BCUT2D eigenvalue weighted by molar-refractivity contribution is 5.63. The topological polar surface area (TPSA) is 24.9 Å². The molecule has 1 aromatic heterocycles. The van der Waals surface area contributed by atoms with E-state index in [1.807, 2.05) is 24.5 Å². The van der Waals surface area contributed by atoms with E-state index in [1.54, 1.807) is 0 Å². The van der Waals surface area contributed by atoms with E-state index >= 15 is 0 Å². The molecule has 0 spiro atoms. The lowest BCUT2D eigenvalue weighted by Crippen LogP contribution is -2.19. The fourth-order valence-electron chi connectivity index (χ4n) is 2.01. The molecule has 0 bridgehead atoms. The number of nitrogens with zero attached hydrogens (tertiary/aromatic N) is 1. The highest BCUT2D eigenvalue weighted by atomic mass is 14.9. The Morgan fingerprint density at radius 2 is 1.89 bits per heavy atom. The van der Waals surface area contributed by atoms with Gasteiger partial charge in [0.2, 0.25) is 0 Å². The van der Waals surface area contributed by atoms with Gasteiger partial charge in [0.25, 0.3) is 0 Å². The maximum absolute atomic E-state index is 4.06. The SMILES string of the molecule is CCCNC(C)c1cccc(-c2ccncc2)c1. The summed E-state index contributed by atoms with van der Waals surface area (Å²) in [4.78, 5) is 4.06. The molecular weight excluding hydrogens is 220 g/mol. The van der Waals surface area contributed by atoms with E-state index in [1.165, 1.54) is 16.7 Å². The molecule has 0 aliphatic carbocycles. The van der Waals surface area contributed by atoms with Crippen molar-refractivity contribution in [1.82, 2.24) is 10.3 Å². The van der Waals surface area contributed by atoms with E-state index in [-0.39, 0.29) is 0 Å². The Morgan fingerprint density at radius 3 is 2.61 bits per heavy atom. The molecule has 0 radical (unpaired) electrons. The van der Waals surface area contributed by atoms with Crippen LogP contribution in [0.2, 0.25) is 0 Å². The smallest absolute Gasteiger partial charge is 0.0292 e. The quantitative estimate of drug-likeness (QED) is 0.859. The number of pyridine rings is 1. The average Bonchev–Trinajstić information content (AvgIpc) is 2.46. The molecule has 2 nitrogen and oxygen atoms in total. The van der Waals surface area contributed by atoms with Crippen LogP contribution in [0.3, 0.4) is 0 Å². The molecule has 1 unspecified atom stereocenters. The molecule has 1 atom stereocenters. The van der Waals surface area contributed by atoms with Crippen LogP contribution in [0.4, 0.5) is 0 Å². The summed E-state index contributed by atoms with van der Waals surface area (Å²) in [5.41, 5.74) is 3.80. The maximum Gasteiger partial charge on any atom is 0.0292 e. The van der Waals surface area contributed by atoms with Crippen LogP contribution in [0.25, 0.3) is 11.1 Å². The van der Waals surface area contributed by atoms with E-state index in [9.17, 15) is 0 Å². The Balaban J connectivity index is 2.20. The number of aromatic nitrogens is 1. The lowest BCUT2D eigenvalue weighted by atomic mass is 10.0. The van der Waals surface area contributed by atoms with Crippen molar-refractivity contribution in [2.24, 2.45) is 0 Å². The van der Waals surface area contributed by atoms with E-state index in [4.69, 9.17) is 0 Å². The number of rotatable bonds is 5. The lowest BCUT2D eigenvalue weighted by Gasteiger charge is -2.14. The molecular formula is C16H20N2. The fourth-order valence-corrected chi connectivity index (χ4v) is 2.01. The third kappa shape index (κ3) is 3.17. The Hall–Kier alpha value is -1.67. The predicted octanol–water partition coefficient (Wildman–Crippen LogP) is 3.81. The van der Waals surface area contributed by atoms with Gasteiger partial charge in [0.15, 0.2) is 0 Å². The molecule has 1 aromatic carbocycles. The molecule has 2 aromatic rings. The summed E-state index contributed by atoms with van der Waals surface area (Å²) in [5, 5.41) is 3.51. The highest BCUT2D eigenvalue weighted by Crippen LogP contribution is 2.22. The van der Waals surface area contributed by atoms with E-state index in [0.717, 1.165) is 13.0 Å². The van der Waals surface area contributed by atoms with Crippen molar-refractivity contribution in [3.05, 3.63) is 54.4 Å². The molecule has 0 amide bonds. The van der Waals surface area contributed by atoms with Crippen molar-refractivity contribution in [2.75, 3.05) is 6.54 Å². The zero-order chi connectivity index (χ0) is 12.8. The van der Waals surface area contributed by atoms with Crippen LogP contribution in [-0.4, -0.2) is 11.5 Å². The summed E-state index contributed by atoms with van der Waals surface area (Å²) in [5.74, 6) is 0. The van der Waals surface area contributed by atoms with Crippen LogP contribution in [0.15, 0.2) is 48.8 Å². The zero-order valence-electron chi connectivity index (χ0n) is 11.1. The standard InChI is InChI=1S/C16H20N2/c1-3-9-18-13(2)15-5-4-6-16(12-15)14-7-10-17-11-8-14/h4-8,10-13,18H,3,9H2,1-2H3. The van der Waals surface area contributed by atoms with Gasteiger partial charge in [-0.25, -0.2) is 0 Å². The van der Waals surface area contributed by atoms with Crippen molar-refractivity contribution in [3.63, 3.8) is 0 Å². The van der Waals surface area contributed by atoms with Gasteiger partial charge in [0.05, 0.1) is 0 Å². The molecule has 0 saturated carbocycles. The summed E-state index contributed by atoms with van der Waals surface area (Å²) < 4.78 is 0. The van der Waals surface area contributed by atoms with E-state index < -0.39 is 0 Å². The first-order valence-corrected chi connectivity index (χ1v) is 6.55. The maximum atomic E-state index is 4.06. The zero-order valence-corrected chi connectivity index (χ0v) is 11.1. The number of hydrogen-bond donors (Lipinski definition) is 1. The first-order chi connectivity index (χ1) is 8.81. The van der Waals surface area contributed by atoms with Crippen molar-refractivity contribution < 1.29 is 0 Å². The molecule has 0 aliphatic rings. The van der Waals surface area contributed by atoms with Crippen molar-refractivity contribution in [1.29, 1.82) is 0 Å². The number of benzene rings is 1. The largest absolute Gasteiger partial charge is 0.310 e. The van der Waals surface area contributed by atoms with Crippen LogP contribution >= 0.6 is 0 Å². The molecule has 1 heterocycles. The normalized spacial score (nSPS) is 12.3. The van der Waals surface area contributed by atoms with Crippen LogP contribution in [0.1, 0.15) is 31.9 Å². The van der Waals surface area contributed by atoms with Crippen molar-refractivity contribution in [3.8, 4) is 11.1 Å². The second kappa shape index (κ2) is 6.31. The fraction of sp³-hybridized carbons (Fsp3) is 0.312. The molecule has 94 valence electrons. The average molecular weight is 240 g/mol. The summed E-state index contributed by atoms with van der Waals surface area (Å²) in [6, 6.07) is 13.2. The van der Waals surface area contributed by atoms with Crippen LogP contribution in [0, 0.1) is 0 Å². The molecule has 2 heteroatoms. The number of nitrogens with one attached hydrogen (secondary N) is 1. The monoisotopic (exact) mass is 240 g/mol. The summed E-state index contributed by atoms with van der Waals surface area (Å²) in [7, 11) is 0. The van der Waals surface area contributed by atoms with Gasteiger partial charge >= 0.3 is 0 Å². The minimum Gasteiger partial charge on any atom is -0.310 e. The molecule has 2 rings (SSSR count). The second-order valence-electron chi connectivity index (χ2n) is 4.54. The lowest BCUT2D eigenvalue weighted by molar-refractivity contribution is 0.571. The first kappa shape index (κ1) is 12.8. The highest BCUT2D eigenvalue weighted by Gasteiger charge is 2.05. The van der Waals surface area contributed by atoms with Crippen LogP contribution in [0.5, 0.6) is 0 Å². The molecule has 0 fully saturated rings. The minimum absolute atomic E-state index is 0.395. The molecule has 0 saturated heterocycles. The van der Waals surface area contributed by atoms with Gasteiger partial charge in [0.1, 0.15) is 0 Å². The van der Waals surface area contributed by atoms with Gasteiger partial charge < -0.3 is 5.32 Å². The summed E-state index contributed by atoms with van der Waals surface area (Å²) in [6.07, 6.45) is 4.83. The number of hydrogen-bond acceptors (Lipinski definition) is 2. The Labute approximate surface area is 109 Å². The van der Waals surface area contributed by atoms with E-state index in [0.29, 0.717) is 6.04 Å². The second-order valence-corrected chi connectivity index (χ2v) is 4.54. The van der Waals surface area contributed by atoms with Gasteiger partial charge in [-0.2, -0.15) is 0 Å².